The van der Waals surface area contributed by atoms with E-state index in [0.717, 1.165) is 31.2 Å². The molecule has 1 aromatic rings. The largest absolute Gasteiger partial charge is 0.325 e. The van der Waals surface area contributed by atoms with Crippen LogP contribution in [0.15, 0.2) is 30.3 Å². The van der Waals surface area contributed by atoms with Crippen molar-refractivity contribution in [1.29, 1.82) is 0 Å². The lowest BCUT2D eigenvalue weighted by Crippen LogP contribution is -2.41. The Balaban J connectivity index is 1.51. The summed E-state index contributed by atoms with van der Waals surface area (Å²) in [6, 6.07) is 10.4. The first-order chi connectivity index (χ1) is 10.3. The van der Waals surface area contributed by atoms with Gasteiger partial charge in [-0.1, -0.05) is 18.2 Å². The van der Waals surface area contributed by atoms with E-state index in [1.807, 2.05) is 30.3 Å². The summed E-state index contributed by atoms with van der Waals surface area (Å²) in [6.07, 6.45) is 4.99. The van der Waals surface area contributed by atoms with Crippen molar-refractivity contribution in [3.05, 3.63) is 30.3 Å². The second-order valence-corrected chi connectivity index (χ2v) is 6.27. The van der Waals surface area contributed by atoms with Crippen LogP contribution in [0.25, 0.3) is 0 Å². The summed E-state index contributed by atoms with van der Waals surface area (Å²) in [5.41, 5.74) is 0.889. The summed E-state index contributed by atoms with van der Waals surface area (Å²) in [5.74, 6) is 0.860. The number of piperidine rings is 1. The van der Waals surface area contributed by atoms with Crippen molar-refractivity contribution in [1.82, 2.24) is 10.2 Å². The second kappa shape index (κ2) is 7.05. The molecule has 1 aromatic carbocycles. The van der Waals surface area contributed by atoms with Gasteiger partial charge in [-0.05, 0) is 56.8 Å². The van der Waals surface area contributed by atoms with Crippen LogP contribution in [-0.4, -0.2) is 43.0 Å². The molecule has 114 valence electrons. The Morgan fingerprint density at radius 1 is 1.14 bits per heavy atom. The maximum Gasteiger partial charge on any atom is 0.238 e. The first kappa shape index (κ1) is 14.5. The van der Waals surface area contributed by atoms with E-state index in [1.54, 1.807) is 0 Å². The van der Waals surface area contributed by atoms with Crippen LogP contribution in [0.4, 0.5) is 5.69 Å². The average molecular weight is 287 g/mol. The third kappa shape index (κ3) is 4.55. The lowest BCUT2D eigenvalue weighted by Gasteiger charge is -2.29. The minimum Gasteiger partial charge on any atom is -0.325 e. The first-order valence-electron chi connectivity index (χ1n) is 8.11. The molecule has 2 fully saturated rings. The van der Waals surface area contributed by atoms with Crippen molar-refractivity contribution in [2.75, 3.05) is 31.5 Å². The van der Waals surface area contributed by atoms with Gasteiger partial charge in [-0.15, -0.1) is 0 Å². The molecule has 4 nitrogen and oxygen atoms in total. The van der Waals surface area contributed by atoms with Gasteiger partial charge >= 0.3 is 0 Å². The normalized spacial score (nSPS) is 19.7. The molecule has 1 amide bonds. The highest BCUT2D eigenvalue weighted by Gasteiger charge is 2.32. The second-order valence-electron chi connectivity index (χ2n) is 6.27. The van der Waals surface area contributed by atoms with Crippen LogP contribution < -0.4 is 10.6 Å². The van der Waals surface area contributed by atoms with Crippen molar-refractivity contribution in [3.8, 4) is 0 Å². The quantitative estimate of drug-likeness (QED) is 0.842. The number of benzene rings is 1. The topological polar surface area (TPSA) is 44.4 Å². The molecule has 0 atom stereocenters. The third-order valence-electron chi connectivity index (χ3n) is 4.42. The Morgan fingerprint density at radius 3 is 2.52 bits per heavy atom. The number of amides is 1. The highest BCUT2D eigenvalue weighted by Crippen LogP contribution is 2.28. The zero-order chi connectivity index (χ0) is 14.5. The van der Waals surface area contributed by atoms with Crippen molar-refractivity contribution < 1.29 is 4.79 Å². The van der Waals surface area contributed by atoms with E-state index in [-0.39, 0.29) is 5.91 Å². The van der Waals surface area contributed by atoms with Crippen LogP contribution in [0.1, 0.15) is 25.7 Å². The Labute approximate surface area is 126 Å². The lowest BCUT2D eigenvalue weighted by atomic mass is 9.97. The molecule has 3 rings (SSSR count). The van der Waals surface area contributed by atoms with Gasteiger partial charge in [0.2, 0.25) is 5.91 Å². The SMILES string of the molecule is O=C(CN(CC1CCNCC1)C1CC1)Nc1ccccc1. The molecule has 1 saturated heterocycles. The van der Waals surface area contributed by atoms with Gasteiger partial charge < -0.3 is 10.6 Å². The van der Waals surface area contributed by atoms with E-state index < -0.39 is 0 Å². The van der Waals surface area contributed by atoms with E-state index in [9.17, 15) is 4.79 Å². The molecule has 0 aromatic heterocycles. The van der Waals surface area contributed by atoms with Gasteiger partial charge in [0.15, 0.2) is 0 Å². The van der Waals surface area contributed by atoms with Crippen molar-refractivity contribution in [2.45, 2.75) is 31.7 Å². The third-order valence-corrected chi connectivity index (χ3v) is 4.42. The van der Waals surface area contributed by atoms with Crippen LogP contribution in [-0.2, 0) is 4.79 Å². The summed E-state index contributed by atoms with van der Waals surface area (Å²) >= 11 is 0. The Bertz CT molecular complexity index is 452. The van der Waals surface area contributed by atoms with Crippen molar-refractivity contribution >= 4 is 11.6 Å². The molecule has 21 heavy (non-hydrogen) atoms. The summed E-state index contributed by atoms with van der Waals surface area (Å²) in [4.78, 5) is 14.6. The Morgan fingerprint density at radius 2 is 1.86 bits per heavy atom. The molecule has 4 heteroatoms. The Hall–Kier alpha value is -1.39. The highest BCUT2D eigenvalue weighted by molar-refractivity contribution is 5.92. The molecule has 0 spiro atoms. The predicted octanol–water partition coefficient (Wildman–Crippen LogP) is 2.09. The van der Waals surface area contributed by atoms with Gasteiger partial charge in [0, 0.05) is 18.3 Å². The van der Waals surface area contributed by atoms with Crippen molar-refractivity contribution in [2.24, 2.45) is 5.92 Å². The molecular weight excluding hydrogens is 262 g/mol. The van der Waals surface area contributed by atoms with E-state index in [4.69, 9.17) is 0 Å². The number of carbonyl (C=O) groups excluding carboxylic acids is 1. The average Bonchev–Trinajstić information content (AvgIpc) is 3.33. The molecule has 1 saturated carbocycles. The van der Waals surface area contributed by atoms with Gasteiger partial charge in [-0.25, -0.2) is 0 Å². The highest BCUT2D eigenvalue weighted by atomic mass is 16.2. The predicted molar refractivity (Wildman–Crippen MR) is 85.3 cm³/mol. The minimum absolute atomic E-state index is 0.113. The molecule has 0 radical (unpaired) electrons. The van der Waals surface area contributed by atoms with Crippen LogP contribution in [0.3, 0.4) is 0 Å². The molecular formula is C17H25N3O. The lowest BCUT2D eigenvalue weighted by molar-refractivity contribution is -0.117. The summed E-state index contributed by atoms with van der Waals surface area (Å²) in [7, 11) is 0. The minimum atomic E-state index is 0.113. The van der Waals surface area contributed by atoms with Crippen molar-refractivity contribution in [3.63, 3.8) is 0 Å². The number of anilines is 1. The molecule has 2 N–H and O–H groups in total. The van der Waals surface area contributed by atoms with Crippen LogP contribution in [0.5, 0.6) is 0 Å². The molecule has 0 unspecified atom stereocenters. The van der Waals surface area contributed by atoms with E-state index in [0.29, 0.717) is 12.6 Å². The van der Waals surface area contributed by atoms with Gasteiger partial charge in [0.1, 0.15) is 0 Å². The summed E-state index contributed by atoms with van der Waals surface area (Å²) in [5, 5.41) is 6.41. The van der Waals surface area contributed by atoms with E-state index >= 15 is 0 Å². The van der Waals surface area contributed by atoms with Gasteiger partial charge in [-0.2, -0.15) is 0 Å². The maximum absolute atomic E-state index is 12.2. The molecule has 1 heterocycles. The first-order valence-corrected chi connectivity index (χ1v) is 8.11. The van der Waals surface area contributed by atoms with Crippen LogP contribution in [0.2, 0.25) is 0 Å². The summed E-state index contributed by atoms with van der Waals surface area (Å²) < 4.78 is 0. The number of carbonyl (C=O) groups is 1. The van der Waals surface area contributed by atoms with Crippen LogP contribution >= 0.6 is 0 Å². The summed E-state index contributed by atoms with van der Waals surface area (Å²) in [6.45, 7) is 3.86. The maximum atomic E-state index is 12.2. The number of hydrogen-bond donors (Lipinski definition) is 2. The molecule has 2 aliphatic rings. The number of nitrogens with zero attached hydrogens (tertiary/aromatic N) is 1. The van der Waals surface area contributed by atoms with Crippen LogP contribution in [0, 0.1) is 5.92 Å². The fraction of sp³-hybridized carbons (Fsp3) is 0.588. The standard InChI is InChI=1S/C17H25N3O/c21-17(19-15-4-2-1-3-5-15)13-20(16-6-7-16)12-14-8-10-18-11-9-14/h1-5,14,16,18H,6-13H2,(H,19,21). The van der Waals surface area contributed by atoms with Gasteiger partial charge in [0.25, 0.3) is 0 Å². The van der Waals surface area contributed by atoms with E-state index in [2.05, 4.69) is 15.5 Å². The number of rotatable bonds is 6. The molecule has 0 bridgehead atoms. The number of hydrogen-bond acceptors (Lipinski definition) is 3. The zero-order valence-corrected chi connectivity index (χ0v) is 12.6. The smallest absolute Gasteiger partial charge is 0.238 e. The van der Waals surface area contributed by atoms with Gasteiger partial charge in [-0.3, -0.25) is 9.69 Å². The number of para-hydroxylation sites is 1. The van der Waals surface area contributed by atoms with Gasteiger partial charge in [0.05, 0.1) is 6.54 Å². The molecule has 1 aliphatic carbocycles. The fourth-order valence-electron chi connectivity index (χ4n) is 3.08. The van der Waals surface area contributed by atoms with E-state index in [1.165, 1.54) is 25.7 Å². The zero-order valence-electron chi connectivity index (χ0n) is 12.6. The number of nitrogens with one attached hydrogen (secondary N) is 2. The Kier molecular flexibility index (Phi) is 4.88. The molecule has 1 aliphatic heterocycles. The monoisotopic (exact) mass is 287 g/mol. The fourth-order valence-corrected chi connectivity index (χ4v) is 3.08.